The van der Waals surface area contributed by atoms with E-state index in [1.807, 2.05) is 7.11 Å². The topological polar surface area (TPSA) is 21.3 Å². The van der Waals surface area contributed by atoms with E-state index >= 15 is 0 Å². The summed E-state index contributed by atoms with van der Waals surface area (Å²) in [5, 5.41) is 3.94. The minimum absolute atomic E-state index is 0.522. The SMILES string of the molecule is COC1CCC(NC2CCC3CCCCC3C2)C1. The van der Waals surface area contributed by atoms with E-state index in [-0.39, 0.29) is 0 Å². The van der Waals surface area contributed by atoms with Crippen LogP contribution in [0.5, 0.6) is 0 Å². The highest BCUT2D eigenvalue weighted by Crippen LogP contribution is 2.40. The molecule has 104 valence electrons. The van der Waals surface area contributed by atoms with Gasteiger partial charge in [-0.1, -0.05) is 25.7 Å². The molecule has 3 rings (SSSR count). The first-order valence-electron chi connectivity index (χ1n) is 8.14. The first-order valence-corrected chi connectivity index (χ1v) is 8.14. The standard InChI is InChI=1S/C16H29NO/c1-18-16-9-8-15(11-16)17-14-7-6-12-4-2-3-5-13(12)10-14/h12-17H,2-11H2,1H3. The molecule has 18 heavy (non-hydrogen) atoms. The molecule has 1 N–H and O–H groups in total. The molecule has 5 unspecified atom stereocenters. The van der Waals surface area contributed by atoms with Crippen molar-refractivity contribution in [2.75, 3.05) is 7.11 Å². The van der Waals surface area contributed by atoms with Crippen LogP contribution in [0, 0.1) is 11.8 Å². The van der Waals surface area contributed by atoms with Crippen LogP contribution in [0.4, 0.5) is 0 Å². The molecular weight excluding hydrogens is 222 g/mol. The van der Waals surface area contributed by atoms with E-state index in [2.05, 4.69) is 5.32 Å². The first-order chi connectivity index (χ1) is 8.85. The fraction of sp³-hybridized carbons (Fsp3) is 1.00. The van der Waals surface area contributed by atoms with E-state index in [0.29, 0.717) is 6.10 Å². The van der Waals surface area contributed by atoms with Gasteiger partial charge >= 0.3 is 0 Å². The van der Waals surface area contributed by atoms with E-state index in [0.717, 1.165) is 23.9 Å². The average molecular weight is 251 g/mol. The van der Waals surface area contributed by atoms with E-state index in [9.17, 15) is 0 Å². The second-order valence-electron chi connectivity index (χ2n) is 6.85. The van der Waals surface area contributed by atoms with Crippen molar-refractivity contribution in [2.45, 2.75) is 82.4 Å². The number of fused-ring (bicyclic) bond motifs is 1. The summed E-state index contributed by atoms with van der Waals surface area (Å²) in [5.74, 6) is 2.12. The molecule has 2 nitrogen and oxygen atoms in total. The molecule has 0 heterocycles. The zero-order valence-electron chi connectivity index (χ0n) is 11.9. The van der Waals surface area contributed by atoms with Gasteiger partial charge in [-0.05, 0) is 50.4 Å². The first kappa shape index (κ1) is 12.9. The zero-order chi connectivity index (χ0) is 12.4. The van der Waals surface area contributed by atoms with Gasteiger partial charge in [-0.2, -0.15) is 0 Å². The Hall–Kier alpha value is -0.0800. The summed E-state index contributed by atoms with van der Waals surface area (Å²) in [4.78, 5) is 0. The van der Waals surface area contributed by atoms with Crippen molar-refractivity contribution < 1.29 is 4.74 Å². The summed E-state index contributed by atoms with van der Waals surface area (Å²) in [6, 6.07) is 1.55. The number of nitrogens with one attached hydrogen (secondary N) is 1. The highest BCUT2D eigenvalue weighted by atomic mass is 16.5. The van der Waals surface area contributed by atoms with Crippen LogP contribution in [-0.4, -0.2) is 25.3 Å². The second kappa shape index (κ2) is 5.92. The fourth-order valence-corrected chi connectivity index (χ4v) is 4.66. The van der Waals surface area contributed by atoms with Gasteiger partial charge in [-0.25, -0.2) is 0 Å². The van der Waals surface area contributed by atoms with E-state index < -0.39 is 0 Å². The van der Waals surface area contributed by atoms with Gasteiger partial charge < -0.3 is 10.1 Å². The maximum atomic E-state index is 5.48. The molecule has 0 bridgehead atoms. The lowest BCUT2D eigenvalue weighted by atomic mass is 9.69. The van der Waals surface area contributed by atoms with Crippen molar-refractivity contribution in [1.29, 1.82) is 0 Å². The fourth-order valence-electron chi connectivity index (χ4n) is 4.66. The van der Waals surface area contributed by atoms with E-state index in [1.54, 1.807) is 0 Å². The van der Waals surface area contributed by atoms with Gasteiger partial charge in [-0.15, -0.1) is 0 Å². The van der Waals surface area contributed by atoms with Gasteiger partial charge in [0.2, 0.25) is 0 Å². The highest BCUT2D eigenvalue weighted by molar-refractivity contribution is 4.90. The number of ether oxygens (including phenoxy) is 1. The van der Waals surface area contributed by atoms with Crippen LogP contribution in [0.3, 0.4) is 0 Å². The van der Waals surface area contributed by atoms with Crippen LogP contribution < -0.4 is 5.32 Å². The summed E-state index contributed by atoms with van der Waals surface area (Å²) >= 11 is 0. The molecule has 0 aromatic heterocycles. The third-order valence-electron chi connectivity index (χ3n) is 5.73. The van der Waals surface area contributed by atoms with Gasteiger partial charge in [0.25, 0.3) is 0 Å². The lowest BCUT2D eigenvalue weighted by Crippen LogP contribution is -2.43. The van der Waals surface area contributed by atoms with E-state index in [4.69, 9.17) is 4.74 Å². The monoisotopic (exact) mass is 251 g/mol. The molecule has 0 radical (unpaired) electrons. The smallest absolute Gasteiger partial charge is 0.0586 e. The summed E-state index contributed by atoms with van der Waals surface area (Å²) in [6.07, 6.45) is 14.7. The van der Waals surface area contributed by atoms with Crippen molar-refractivity contribution in [1.82, 2.24) is 5.32 Å². The largest absolute Gasteiger partial charge is 0.381 e. The van der Waals surface area contributed by atoms with Crippen molar-refractivity contribution >= 4 is 0 Å². The minimum Gasteiger partial charge on any atom is -0.381 e. The van der Waals surface area contributed by atoms with Crippen LogP contribution in [0.25, 0.3) is 0 Å². The van der Waals surface area contributed by atoms with Crippen molar-refractivity contribution in [3.05, 3.63) is 0 Å². The number of rotatable bonds is 3. The Bertz CT molecular complexity index is 268. The van der Waals surface area contributed by atoms with Crippen molar-refractivity contribution in [2.24, 2.45) is 11.8 Å². The molecule has 0 aromatic carbocycles. The molecule has 3 fully saturated rings. The minimum atomic E-state index is 0.522. The molecule has 0 amide bonds. The summed E-state index contributed by atoms with van der Waals surface area (Å²) in [6.45, 7) is 0. The quantitative estimate of drug-likeness (QED) is 0.829. The van der Waals surface area contributed by atoms with Crippen LogP contribution in [-0.2, 0) is 4.74 Å². The van der Waals surface area contributed by atoms with Crippen LogP contribution >= 0.6 is 0 Å². The molecule has 3 aliphatic rings. The third kappa shape index (κ3) is 2.91. The Labute approximate surface area is 112 Å². The van der Waals surface area contributed by atoms with Gasteiger partial charge in [-0.3, -0.25) is 0 Å². The zero-order valence-corrected chi connectivity index (χ0v) is 11.9. The lowest BCUT2D eigenvalue weighted by Gasteiger charge is -2.40. The number of hydrogen-bond acceptors (Lipinski definition) is 2. The van der Waals surface area contributed by atoms with E-state index in [1.165, 1.54) is 64.2 Å². The Morgan fingerprint density at radius 2 is 1.50 bits per heavy atom. The summed E-state index contributed by atoms with van der Waals surface area (Å²) < 4.78 is 5.48. The van der Waals surface area contributed by atoms with Gasteiger partial charge in [0.1, 0.15) is 0 Å². The molecule has 0 spiro atoms. The van der Waals surface area contributed by atoms with Gasteiger partial charge in [0, 0.05) is 19.2 Å². The van der Waals surface area contributed by atoms with Crippen molar-refractivity contribution in [3.8, 4) is 0 Å². The maximum absolute atomic E-state index is 5.48. The average Bonchev–Trinajstić information content (AvgIpc) is 2.86. The third-order valence-corrected chi connectivity index (χ3v) is 5.73. The molecule has 3 aliphatic carbocycles. The number of hydrogen-bond donors (Lipinski definition) is 1. The predicted molar refractivity (Wildman–Crippen MR) is 74.7 cm³/mol. The molecule has 5 atom stereocenters. The Morgan fingerprint density at radius 3 is 2.28 bits per heavy atom. The normalized spacial score (nSPS) is 44.8. The van der Waals surface area contributed by atoms with Gasteiger partial charge in [0.15, 0.2) is 0 Å². The highest BCUT2D eigenvalue weighted by Gasteiger charge is 2.34. The van der Waals surface area contributed by atoms with Crippen LogP contribution in [0.15, 0.2) is 0 Å². The predicted octanol–water partition coefficient (Wildman–Crippen LogP) is 3.50. The Morgan fingerprint density at radius 1 is 0.778 bits per heavy atom. The second-order valence-corrected chi connectivity index (χ2v) is 6.85. The van der Waals surface area contributed by atoms with Crippen molar-refractivity contribution in [3.63, 3.8) is 0 Å². The molecule has 3 saturated carbocycles. The Kier molecular flexibility index (Phi) is 4.25. The molecule has 0 aliphatic heterocycles. The van der Waals surface area contributed by atoms with Crippen LogP contribution in [0.2, 0.25) is 0 Å². The molecule has 2 heteroatoms. The molecule has 0 aromatic rings. The summed E-state index contributed by atoms with van der Waals surface area (Å²) in [5.41, 5.74) is 0. The number of methoxy groups -OCH3 is 1. The maximum Gasteiger partial charge on any atom is 0.0586 e. The lowest BCUT2D eigenvalue weighted by molar-refractivity contribution is 0.103. The Balaban J connectivity index is 1.46. The summed E-state index contributed by atoms with van der Waals surface area (Å²) in [7, 11) is 1.86. The van der Waals surface area contributed by atoms with Crippen LogP contribution in [0.1, 0.15) is 64.2 Å². The molecular formula is C16H29NO. The molecule has 0 saturated heterocycles. The van der Waals surface area contributed by atoms with Gasteiger partial charge in [0.05, 0.1) is 6.10 Å².